The van der Waals surface area contributed by atoms with Crippen LogP contribution < -0.4 is 5.32 Å². The second kappa shape index (κ2) is 8.48. The van der Waals surface area contributed by atoms with Crippen LogP contribution in [0, 0.1) is 36.0 Å². The van der Waals surface area contributed by atoms with Gasteiger partial charge in [0.2, 0.25) is 0 Å². The van der Waals surface area contributed by atoms with Crippen molar-refractivity contribution in [3.05, 3.63) is 52.9 Å². The van der Waals surface area contributed by atoms with Crippen LogP contribution in [0.4, 0.5) is 0 Å². The second-order valence-corrected chi connectivity index (χ2v) is 10.3. The number of allylic oxidation sites excluding steroid dienone is 1. The van der Waals surface area contributed by atoms with Gasteiger partial charge in [0.15, 0.2) is 0 Å². The van der Waals surface area contributed by atoms with Crippen molar-refractivity contribution in [2.24, 2.45) is 0 Å². The number of rotatable bonds is 4. The molecule has 0 unspecified atom stereocenters. The molecule has 32 heavy (non-hydrogen) atoms. The molecule has 1 saturated heterocycles. The predicted molar refractivity (Wildman–Crippen MR) is 132 cm³/mol. The molecule has 1 aromatic heterocycles. The maximum Gasteiger partial charge on any atom is 0.120 e. The monoisotopic (exact) mass is 430 g/mol. The third-order valence-electron chi connectivity index (χ3n) is 6.20. The minimum atomic E-state index is -0.00554. The van der Waals surface area contributed by atoms with Gasteiger partial charge in [-0.05, 0) is 90.1 Å². The van der Waals surface area contributed by atoms with E-state index in [4.69, 9.17) is 10.8 Å². The molecule has 1 aromatic carbocycles. The van der Waals surface area contributed by atoms with E-state index in [0.717, 1.165) is 35.0 Å². The fraction of sp³-hybridized carbons (Fsp3) is 0.462. The van der Waals surface area contributed by atoms with Crippen molar-refractivity contribution in [3.63, 3.8) is 0 Å². The molecule has 3 rings (SSSR count). The standard InChI is InChI=1S/C26H34N6/c1-16-10-18-11-19(15-27)22(12-21(18)17(2)30-16)23(28)8-9-24(29)32(7)20-13-25(3,4)31-26(5,6)14-20/h8-12,20,28-29,31H,13-14H2,1-7H3/b9-8-,28-23?,29-24?. The lowest BCUT2D eigenvalue weighted by Gasteiger charge is -2.49. The first kappa shape index (κ1) is 23.6. The highest BCUT2D eigenvalue weighted by molar-refractivity contribution is 6.12. The fourth-order valence-corrected chi connectivity index (χ4v) is 5.06. The van der Waals surface area contributed by atoms with E-state index in [2.05, 4.69) is 44.1 Å². The Morgan fingerprint density at radius 2 is 1.75 bits per heavy atom. The normalized spacial score (nSPS) is 17.9. The lowest BCUT2D eigenvalue weighted by Crippen LogP contribution is -2.62. The van der Waals surface area contributed by atoms with E-state index in [-0.39, 0.29) is 22.8 Å². The summed E-state index contributed by atoms with van der Waals surface area (Å²) in [7, 11) is 1.95. The van der Waals surface area contributed by atoms with E-state index >= 15 is 0 Å². The van der Waals surface area contributed by atoms with Gasteiger partial charge in [-0.15, -0.1) is 0 Å². The highest BCUT2D eigenvalue weighted by atomic mass is 15.2. The molecule has 0 atom stereocenters. The van der Waals surface area contributed by atoms with Crippen LogP contribution in [0.15, 0.2) is 30.4 Å². The first-order chi connectivity index (χ1) is 14.8. The van der Waals surface area contributed by atoms with Gasteiger partial charge in [0.25, 0.3) is 0 Å². The van der Waals surface area contributed by atoms with Crippen molar-refractivity contribution in [3.8, 4) is 6.07 Å². The lowest BCUT2D eigenvalue weighted by molar-refractivity contribution is 0.114. The number of benzene rings is 1. The molecule has 3 N–H and O–H groups in total. The Morgan fingerprint density at radius 3 is 2.34 bits per heavy atom. The first-order valence-electron chi connectivity index (χ1n) is 11.0. The molecule has 0 aliphatic carbocycles. The molecule has 0 saturated carbocycles. The maximum absolute atomic E-state index is 9.66. The van der Waals surface area contributed by atoms with Crippen molar-refractivity contribution in [2.75, 3.05) is 7.05 Å². The number of amidine groups is 1. The molecular weight excluding hydrogens is 396 g/mol. The Hall–Kier alpha value is -3.04. The van der Waals surface area contributed by atoms with E-state index in [1.807, 2.05) is 44.0 Å². The number of fused-ring (bicyclic) bond motifs is 1. The lowest BCUT2D eigenvalue weighted by atomic mass is 9.79. The first-order valence-corrected chi connectivity index (χ1v) is 11.0. The predicted octanol–water partition coefficient (Wildman–Crippen LogP) is 4.87. The molecule has 2 heterocycles. The topological polar surface area (TPSA) is 99.7 Å². The van der Waals surface area contributed by atoms with Gasteiger partial charge in [0, 0.05) is 46.5 Å². The minimum absolute atomic E-state index is 0.00554. The molecule has 0 spiro atoms. The Morgan fingerprint density at radius 1 is 1.12 bits per heavy atom. The van der Waals surface area contributed by atoms with Crippen LogP contribution in [0.3, 0.4) is 0 Å². The molecule has 2 aromatic rings. The number of hydrogen-bond donors (Lipinski definition) is 3. The van der Waals surface area contributed by atoms with Crippen LogP contribution in [-0.2, 0) is 0 Å². The molecule has 0 amide bonds. The summed E-state index contributed by atoms with van der Waals surface area (Å²) < 4.78 is 0. The largest absolute Gasteiger partial charge is 0.357 e. The molecule has 0 radical (unpaired) electrons. The van der Waals surface area contributed by atoms with Crippen LogP contribution >= 0.6 is 0 Å². The van der Waals surface area contributed by atoms with Gasteiger partial charge in [0.1, 0.15) is 5.84 Å². The Kier molecular flexibility index (Phi) is 6.26. The average Bonchev–Trinajstić information content (AvgIpc) is 2.67. The SMILES string of the molecule is Cc1cc2cc(C#N)c(C(=N)/C=C\C(=N)N(C)C3CC(C)(C)NC(C)(C)C3)cc2c(C)n1. The summed E-state index contributed by atoms with van der Waals surface area (Å²) in [6.45, 7) is 12.7. The van der Waals surface area contributed by atoms with Crippen LogP contribution in [0.25, 0.3) is 10.8 Å². The van der Waals surface area contributed by atoms with Gasteiger partial charge < -0.3 is 15.6 Å². The highest BCUT2D eigenvalue weighted by Crippen LogP contribution is 2.31. The summed E-state index contributed by atoms with van der Waals surface area (Å²) in [6.07, 6.45) is 5.16. The summed E-state index contributed by atoms with van der Waals surface area (Å²) in [4.78, 5) is 6.51. The quantitative estimate of drug-likeness (QED) is 0.476. The summed E-state index contributed by atoms with van der Waals surface area (Å²) in [5, 5.41) is 32.4. The molecule has 168 valence electrons. The van der Waals surface area contributed by atoms with Gasteiger partial charge >= 0.3 is 0 Å². The van der Waals surface area contributed by atoms with Crippen molar-refractivity contribution >= 4 is 22.3 Å². The number of aryl methyl sites for hydroxylation is 2. The fourth-order valence-electron chi connectivity index (χ4n) is 5.06. The number of likely N-dealkylation sites (N-methyl/N-ethyl adjacent to an activating group) is 1. The Labute approximate surface area is 191 Å². The second-order valence-electron chi connectivity index (χ2n) is 10.3. The van der Waals surface area contributed by atoms with E-state index in [1.165, 1.54) is 0 Å². The van der Waals surface area contributed by atoms with Gasteiger partial charge in [-0.25, -0.2) is 0 Å². The molecule has 1 aliphatic rings. The van der Waals surface area contributed by atoms with Gasteiger partial charge in [-0.2, -0.15) is 5.26 Å². The Bertz CT molecular complexity index is 1130. The zero-order valence-electron chi connectivity index (χ0n) is 20.2. The smallest absolute Gasteiger partial charge is 0.120 e. The molecule has 1 aliphatic heterocycles. The van der Waals surface area contributed by atoms with Crippen LogP contribution in [0.5, 0.6) is 0 Å². The number of pyridine rings is 1. The van der Waals surface area contributed by atoms with Gasteiger partial charge in [0.05, 0.1) is 17.3 Å². The van der Waals surface area contributed by atoms with E-state index in [9.17, 15) is 5.26 Å². The molecular formula is C26H34N6. The number of nitrogens with zero attached hydrogens (tertiary/aromatic N) is 3. The molecule has 1 fully saturated rings. The van der Waals surface area contributed by atoms with Crippen molar-refractivity contribution < 1.29 is 0 Å². The summed E-state index contributed by atoms with van der Waals surface area (Å²) in [5.41, 5.74) is 3.01. The van der Waals surface area contributed by atoms with Crippen LogP contribution in [0.1, 0.15) is 63.1 Å². The van der Waals surface area contributed by atoms with E-state index in [1.54, 1.807) is 12.2 Å². The minimum Gasteiger partial charge on any atom is -0.357 e. The van der Waals surface area contributed by atoms with Crippen LogP contribution in [-0.4, -0.2) is 45.6 Å². The third-order valence-corrected chi connectivity index (χ3v) is 6.20. The van der Waals surface area contributed by atoms with E-state index in [0.29, 0.717) is 17.0 Å². The zero-order valence-corrected chi connectivity index (χ0v) is 20.2. The summed E-state index contributed by atoms with van der Waals surface area (Å²) >= 11 is 0. The average molecular weight is 431 g/mol. The Balaban J connectivity index is 1.83. The number of nitrogens with one attached hydrogen (secondary N) is 3. The number of piperidine rings is 1. The highest BCUT2D eigenvalue weighted by Gasteiger charge is 2.39. The number of hydrogen-bond acceptors (Lipinski definition) is 5. The van der Waals surface area contributed by atoms with Gasteiger partial charge in [-0.3, -0.25) is 10.4 Å². The third kappa shape index (κ3) is 5.05. The summed E-state index contributed by atoms with van der Waals surface area (Å²) in [5.74, 6) is 0.362. The van der Waals surface area contributed by atoms with Gasteiger partial charge in [-0.1, -0.05) is 0 Å². The maximum atomic E-state index is 9.66. The summed E-state index contributed by atoms with van der Waals surface area (Å²) in [6, 6.07) is 8.11. The van der Waals surface area contributed by atoms with Crippen molar-refractivity contribution in [2.45, 2.75) is 71.5 Å². The van der Waals surface area contributed by atoms with Crippen molar-refractivity contribution in [1.29, 1.82) is 16.1 Å². The van der Waals surface area contributed by atoms with Crippen molar-refractivity contribution in [1.82, 2.24) is 15.2 Å². The number of nitriles is 1. The molecule has 0 bridgehead atoms. The molecule has 6 heteroatoms. The zero-order chi connectivity index (χ0) is 23.8. The number of aromatic nitrogens is 1. The van der Waals surface area contributed by atoms with E-state index < -0.39 is 0 Å². The molecule has 6 nitrogen and oxygen atoms in total. The van der Waals surface area contributed by atoms with Crippen LogP contribution in [0.2, 0.25) is 0 Å².